The molecule has 6 heterocycles. The second kappa shape index (κ2) is 55.4. The Morgan fingerprint density at radius 3 is 1.27 bits per heavy atom. The molecule has 0 radical (unpaired) electrons. The molecule has 124 heavy (non-hydrogen) atoms. The molecule has 1 aromatic rings. The highest BCUT2D eigenvalue weighted by molar-refractivity contribution is 9.09. The van der Waals surface area contributed by atoms with Crippen LogP contribution in [0.4, 0.5) is 4.79 Å². The van der Waals surface area contributed by atoms with E-state index in [0.29, 0.717) is 56.1 Å². The molecule has 10 fully saturated rings. The molecule has 3 unspecified atom stereocenters. The van der Waals surface area contributed by atoms with E-state index in [-0.39, 0.29) is 97.2 Å². The number of carboxylic acids is 2. The number of hydrogen-bond acceptors (Lipinski definition) is 19. The van der Waals surface area contributed by atoms with E-state index < -0.39 is 17.5 Å². The molecule has 25 heteroatoms. The molecule has 0 bridgehead atoms. The molecule has 6 aliphatic heterocycles. The molecular weight excluding hydrogens is 1640 g/mol. The molecule has 3 amide bonds. The molecule has 14 aliphatic rings. The summed E-state index contributed by atoms with van der Waals surface area (Å²) >= 11 is 3.41. The number of benzene rings is 1. The Kier molecular flexibility index (Phi) is 46.7. The van der Waals surface area contributed by atoms with Crippen LogP contribution in [0.2, 0.25) is 0 Å². The van der Waals surface area contributed by atoms with Crippen molar-refractivity contribution in [1.82, 2.24) is 29.4 Å². The molecule has 11 atom stereocenters. The predicted octanol–water partition coefficient (Wildman–Crippen LogP) is 17.3. The zero-order valence-electron chi connectivity index (χ0n) is 77.6. The van der Waals surface area contributed by atoms with Crippen LogP contribution < -0.4 is 0 Å². The number of rotatable bonds is 22. The van der Waals surface area contributed by atoms with E-state index >= 15 is 0 Å². The van der Waals surface area contributed by atoms with Crippen molar-refractivity contribution >= 4 is 69.7 Å². The molecule has 15 rings (SSSR count). The Labute approximate surface area is 751 Å². The number of methoxy groups -OCH3 is 2. The molecule has 0 spiro atoms. The highest BCUT2D eigenvalue weighted by Crippen LogP contribution is 2.41. The van der Waals surface area contributed by atoms with Gasteiger partial charge in [-0.05, 0) is 255 Å². The first-order chi connectivity index (χ1) is 59.4. The topological polar surface area (TPSA) is 300 Å². The number of halogens is 1. The molecular formula is C99H159BrN6O18. The smallest absolute Gasteiger partial charge is 0.410 e. The molecule has 4 N–H and O–H groups in total. The lowest BCUT2D eigenvalue weighted by atomic mass is 9.91. The van der Waals surface area contributed by atoms with Crippen LogP contribution in [0.15, 0.2) is 76.9 Å². The standard InChI is InChI=1S/C19H27NO2.C16H29NO3.C13H19NO3.2C12H21NO2.C8H12O2.C7H11NO3.C6H9Br.C6H10O/c1-20-13-17(11-15-7-5-6-8-15)12-18(20)19(21)22-14-16-9-3-2-4-10-16;1-16(2,3)20-15(19)17-10-13(9-14(17)11-18)8-12-6-4-5-7-12;1-14-11(13(16)17-2)8-10(12(14)15)7-9-5-3-4-6-9;2*1-13-8-10(7-11(13)12(14)15)6-9-4-2-3-5-9;1-2-10-8(9)7-5-3-4-6-7;1-8-5(7(10)11-2)3-4-6(8)9;2*7-5-6-3-1-2-4-6/h2-4,9-10,15,17-18H,5-8,11-14H2,1H3;12-14,18H,4-11H2,1-3H3;5,10-11H,3-4,6-8H2,1-2H3;2*9-11H,2-8H2,1H3,(H,14,15);5H,2-4,6H2,1H3;5H,3-4H2,1-2H3;3H,1-2,4-5H2;3,7H,1-2,4-5H2/t17-,18+;13?,14-;2*10?,11-;10-,11+;;5-;;/m10001.0../s1. The van der Waals surface area contributed by atoms with E-state index in [1.807, 2.05) is 88.0 Å². The van der Waals surface area contributed by atoms with Gasteiger partial charge in [-0.2, -0.15) is 0 Å². The fourth-order valence-electron chi connectivity index (χ4n) is 21.1. The van der Waals surface area contributed by atoms with Crippen molar-refractivity contribution < 1.29 is 87.3 Å². The summed E-state index contributed by atoms with van der Waals surface area (Å²) in [7, 11) is 11.9. The first-order valence-corrected chi connectivity index (χ1v) is 48.7. The number of nitrogens with zero attached hydrogens (tertiary/aromatic N) is 6. The number of allylic oxidation sites excluding steroid dienone is 6. The summed E-state index contributed by atoms with van der Waals surface area (Å²) < 4.78 is 25.0. The number of likely N-dealkylation sites (N-methyl/N-ethyl adjacent to an activating group) is 5. The van der Waals surface area contributed by atoms with Crippen LogP contribution in [0.3, 0.4) is 0 Å². The Bertz CT molecular complexity index is 3490. The Morgan fingerprint density at radius 2 is 0.903 bits per heavy atom. The number of alkyl halides is 1. The number of carboxylic acid groups (broad SMARTS) is 2. The molecule has 4 saturated carbocycles. The van der Waals surface area contributed by atoms with Gasteiger partial charge in [0, 0.05) is 63.5 Å². The van der Waals surface area contributed by atoms with Crippen LogP contribution in [0.25, 0.3) is 0 Å². The SMILES string of the molecule is BrCC1=CCCC1.CC(C)(C)OC(=O)N1CC(CC2CCCC2)C[C@H]1CO.CCOC(=O)C1=CCCC1.CN1CC(CC2CCCC2)C[C@H]1C(=O)O.CN1C[C@H](CC2CCCC2)C[C@H]1C(=O)O.CN1C[C@H](CC2CCCC2)C[C@H]1C(=O)OCc1ccccc1.COC(=O)[C@@H]1CC(CC2=CCCC2)C(=O)N1C.COC(=O)[C@@H]1CCC(=O)N1C.OCC1=CCCC1. The van der Waals surface area contributed by atoms with Gasteiger partial charge in [-0.15, -0.1) is 0 Å². The highest BCUT2D eigenvalue weighted by Gasteiger charge is 2.44. The number of carbonyl (C=O) groups excluding carboxylic acids is 7. The monoisotopic (exact) mass is 1800 g/mol. The number of aliphatic hydroxyl groups excluding tert-OH is 2. The molecule has 8 aliphatic carbocycles. The maximum absolute atomic E-state index is 12.3. The summed E-state index contributed by atoms with van der Waals surface area (Å²) in [5.74, 6) is 3.91. The Morgan fingerprint density at radius 1 is 0.468 bits per heavy atom. The van der Waals surface area contributed by atoms with E-state index in [1.54, 1.807) is 24.6 Å². The van der Waals surface area contributed by atoms with E-state index in [9.17, 15) is 48.3 Å². The number of ether oxygens (including phenoxy) is 5. The summed E-state index contributed by atoms with van der Waals surface area (Å²) in [5, 5.41) is 37.1. The van der Waals surface area contributed by atoms with Gasteiger partial charge in [0.1, 0.15) is 42.4 Å². The summed E-state index contributed by atoms with van der Waals surface area (Å²) in [6, 6.07) is 8.61. The van der Waals surface area contributed by atoms with Crippen LogP contribution in [-0.4, -0.2) is 246 Å². The first kappa shape index (κ1) is 105. The van der Waals surface area contributed by atoms with Crippen LogP contribution >= 0.6 is 15.9 Å². The summed E-state index contributed by atoms with van der Waals surface area (Å²) in [6.45, 7) is 12.4. The number of hydrogen-bond donors (Lipinski definition) is 4. The van der Waals surface area contributed by atoms with Crippen molar-refractivity contribution in [2.24, 2.45) is 53.3 Å². The number of likely N-dealkylation sites (tertiary alicyclic amines) is 6. The largest absolute Gasteiger partial charge is 0.480 e. The van der Waals surface area contributed by atoms with Crippen molar-refractivity contribution in [3.8, 4) is 0 Å². The van der Waals surface area contributed by atoms with E-state index in [1.165, 1.54) is 202 Å². The van der Waals surface area contributed by atoms with Gasteiger partial charge in [0.25, 0.3) is 0 Å². The van der Waals surface area contributed by atoms with Gasteiger partial charge >= 0.3 is 41.9 Å². The molecule has 1 aromatic carbocycles. The normalized spacial score (nSPS) is 27.0. The maximum atomic E-state index is 12.3. The fraction of sp³-hybridized carbons (Fsp3) is 0.768. The number of aliphatic hydroxyl groups is 2. The lowest BCUT2D eigenvalue weighted by Gasteiger charge is -2.27. The second-order valence-corrected chi connectivity index (χ2v) is 39.2. The van der Waals surface area contributed by atoms with Crippen LogP contribution in [0.5, 0.6) is 0 Å². The van der Waals surface area contributed by atoms with Crippen LogP contribution in [-0.2, 0) is 68.6 Å². The van der Waals surface area contributed by atoms with E-state index in [4.69, 9.17) is 34.3 Å². The van der Waals surface area contributed by atoms with E-state index in [2.05, 4.69) is 50.8 Å². The zero-order chi connectivity index (χ0) is 90.3. The molecule has 0 aromatic heterocycles. The first-order valence-electron chi connectivity index (χ1n) is 47.6. The zero-order valence-corrected chi connectivity index (χ0v) is 79.2. The lowest BCUT2D eigenvalue weighted by Crippen LogP contribution is -2.41. The summed E-state index contributed by atoms with van der Waals surface area (Å²) in [5.41, 5.74) is 5.63. The van der Waals surface area contributed by atoms with Crippen molar-refractivity contribution in [1.29, 1.82) is 0 Å². The van der Waals surface area contributed by atoms with Crippen molar-refractivity contribution in [3.63, 3.8) is 0 Å². The third-order valence-corrected chi connectivity index (χ3v) is 28.6. The van der Waals surface area contributed by atoms with Gasteiger partial charge in [0.05, 0.1) is 40.1 Å². The van der Waals surface area contributed by atoms with Crippen LogP contribution in [0, 0.1) is 53.3 Å². The van der Waals surface area contributed by atoms with Gasteiger partial charge in [-0.25, -0.2) is 19.2 Å². The Hall–Kier alpha value is -6.51. The minimum Gasteiger partial charge on any atom is -0.480 e. The molecule has 6 saturated heterocycles. The van der Waals surface area contributed by atoms with Crippen molar-refractivity contribution in [2.45, 2.75) is 333 Å². The number of aliphatic carboxylic acids is 2. The second-order valence-electron chi connectivity index (χ2n) is 38.7. The summed E-state index contributed by atoms with van der Waals surface area (Å²) in [6.07, 6.45) is 55.5. The number of esters is 4. The minimum atomic E-state index is -0.647. The minimum absolute atomic E-state index is 0.0143. The third kappa shape index (κ3) is 35.9. The average Bonchev–Trinajstić information content (AvgIpc) is 1.68. The van der Waals surface area contributed by atoms with Crippen molar-refractivity contribution in [2.75, 3.05) is 101 Å². The highest BCUT2D eigenvalue weighted by atomic mass is 79.9. The lowest BCUT2D eigenvalue weighted by molar-refractivity contribution is -0.150. The summed E-state index contributed by atoms with van der Waals surface area (Å²) in [4.78, 5) is 114. The quantitative estimate of drug-likeness (QED) is 0.0363. The number of amides is 3. The fourth-order valence-corrected chi connectivity index (χ4v) is 21.6. The van der Waals surface area contributed by atoms with Gasteiger partial charge in [-0.3, -0.25) is 38.7 Å². The third-order valence-electron chi connectivity index (χ3n) is 27.9. The van der Waals surface area contributed by atoms with Gasteiger partial charge in [-0.1, -0.05) is 184 Å². The predicted molar refractivity (Wildman–Crippen MR) is 488 cm³/mol. The van der Waals surface area contributed by atoms with Gasteiger partial charge < -0.3 is 58.8 Å². The van der Waals surface area contributed by atoms with Gasteiger partial charge in [0.15, 0.2) is 0 Å². The van der Waals surface area contributed by atoms with Crippen LogP contribution in [0.1, 0.15) is 290 Å². The molecule has 700 valence electrons. The number of carbonyl (C=O) groups is 9. The average molecular weight is 1800 g/mol. The molecule has 24 nitrogen and oxygen atoms in total. The van der Waals surface area contributed by atoms with Gasteiger partial charge in [0.2, 0.25) is 11.8 Å². The van der Waals surface area contributed by atoms with E-state index in [0.717, 1.165) is 137 Å². The van der Waals surface area contributed by atoms with Crippen molar-refractivity contribution in [3.05, 3.63) is 82.5 Å². The Balaban J connectivity index is 0.000000196. The maximum Gasteiger partial charge on any atom is 0.410 e.